The van der Waals surface area contributed by atoms with Crippen molar-refractivity contribution in [3.05, 3.63) is 64.6 Å². The van der Waals surface area contributed by atoms with Crippen molar-refractivity contribution in [1.29, 1.82) is 0 Å². The summed E-state index contributed by atoms with van der Waals surface area (Å²) in [5.41, 5.74) is 1.56. The Morgan fingerprint density at radius 3 is 2.69 bits per heavy atom. The second-order valence-corrected chi connectivity index (χ2v) is 7.31. The van der Waals surface area contributed by atoms with E-state index < -0.39 is 0 Å². The molecule has 29 heavy (non-hydrogen) atoms. The molecule has 5 rings (SSSR count). The van der Waals surface area contributed by atoms with Crippen molar-refractivity contribution in [3.63, 3.8) is 0 Å². The van der Waals surface area contributed by atoms with Gasteiger partial charge >= 0.3 is 0 Å². The minimum absolute atomic E-state index is 0.0897. The van der Waals surface area contributed by atoms with Crippen LogP contribution in [0.3, 0.4) is 0 Å². The van der Waals surface area contributed by atoms with Crippen LogP contribution in [0.4, 0.5) is 0 Å². The first-order valence-electron chi connectivity index (χ1n) is 9.65. The molecule has 1 aliphatic rings. The monoisotopic (exact) mass is 391 g/mol. The Morgan fingerprint density at radius 2 is 1.93 bits per heavy atom. The fourth-order valence-electron chi connectivity index (χ4n) is 3.79. The first-order chi connectivity index (χ1) is 14.2. The van der Waals surface area contributed by atoms with Crippen LogP contribution in [0.2, 0.25) is 0 Å². The molecule has 1 saturated heterocycles. The lowest BCUT2D eigenvalue weighted by atomic mass is 9.96. The third-order valence-corrected chi connectivity index (χ3v) is 5.37. The van der Waals surface area contributed by atoms with Crippen LogP contribution < -0.4 is 5.56 Å². The van der Waals surface area contributed by atoms with E-state index in [0.717, 1.165) is 55.5 Å². The van der Waals surface area contributed by atoms with Gasteiger partial charge in [-0.1, -0.05) is 0 Å². The van der Waals surface area contributed by atoms with Gasteiger partial charge in [0.05, 0.1) is 5.69 Å². The minimum atomic E-state index is -0.0897. The molecule has 0 aromatic carbocycles. The molecule has 4 aromatic rings. The van der Waals surface area contributed by atoms with Crippen LogP contribution in [-0.2, 0) is 13.6 Å². The number of rotatable bonds is 4. The number of aryl methyl sites for hydroxylation is 1. The minimum Gasteiger partial charge on any atom is -0.297 e. The van der Waals surface area contributed by atoms with E-state index >= 15 is 0 Å². The van der Waals surface area contributed by atoms with Crippen LogP contribution in [0.15, 0.2) is 47.5 Å². The third kappa shape index (κ3) is 3.42. The van der Waals surface area contributed by atoms with Crippen LogP contribution in [-0.4, -0.2) is 57.4 Å². The molecule has 0 aliphatic carbocycles. The highest BCUT2D eigenvalue weighted by molar-refractivity contribution is 5.39. The van der Waals surface area contributed by atoms with Gasteiger partial charge in [-0.05, 0) is 50.2 Å². The highest BCUT2D eigenvalue weighted by atomic mass is 16.1. The summed E-state index contributed by atoms with van der Waals surface area (Å²) >= 11 is 0. The van der Waals surface area contributed by atoms with E-state index in [-0.39, 0.29) is 5.56 Å². The summed E-state index contributed by atoms with van der Waals surface area (Å²) < 4.78 is 4.95. The van der Waals surface area contributed by atoms with Crippen LogP contribution >= 0.6 is 0 Å². The van der Waals surface area contributed by atoms with Crippen molar-refractivity contribution in [1.82, 2.24) is 44.3 Å². The second kappa shape index (κ2) is 7.21. The smallest absolute Gasteiger partial charge is 0.266 e. The van der Waals surface area contributed by atoms with Crippen molar-refractivity contribution >= 4 is 5.65 Å². The van der Waals surface area contributed by atoms with Crippen molar-refractivity contribution < 1.29 is 0 Å². The molecule has 5 heterocycles. The molecule has 1 aliphatic heterocycles. The average Bonchev–Trinajstić information content (AvgIpc) is 3.41. The Labute approximate surface area is 166 Å². The predicted molar refractivity (Wildman–Crippen MR) is 105 cm³/mol. The predicted octanol–water partition coefficient (Wildman–Crippen LogP) is 0.783. The number of hydrogen-bond donors (Lipinski definition) is 0. The molecule has 0 unspecified atom stereocenters. The van der Waals surface area contributed by atoms with E-state index in [2.05, 4.69) is 25.3 Å². The van der Waals surface area contributed by atoms with E-state index in [1.165, 1.54) is 4.68 Å². The quantitative estimate of drug-likeness (QED) is 0.507. The summed E-state index contributed by atoms with van der Waals surface area (Å²) in [5, 5.41) is 22.0. The maximum absolute atomic E-state index is 11.5. The fraction of sp³-hybridized carbons (Fsp3) is 0.368. The van der Waals surface area contributed by atoms with Crippen molar-refractivity contribution in [2.45, 2.75) is 25.3 Å². The molecule has 0 spiro atoms. The highest BCUT2D eigenvalue weighted by Crippen LogP contribution is 2.27. The Morgan fingerprint density at radius 1 is 1.07 bits per heavy atom. The topological polar surface area (TPSA) is 99.0 Å². The molecule has 1 fully saturated rings. The number of likely N-dealkylation sites (tertiary alicyclic amines) is 1. The molecule has 0 bridgehead atoms. The van der Waals surface area contributed by atoms with E-state index in [1.807, 2.05) is 28.9 Å². The lowest BCUT2D eigenvalue weighted by Crippen LogP contribution is -2.34. The van der Waals surface area contributed by atoms with E-state index in [9.17, 15) is 4.79 Å². The lowest BCUT2D eigenvalue weighted by Gasteiger charge is -2.30. The van der Waals surface area contributed by atoms with Gasteiger partial charge in [0.2, 0.25) is 0 Å². The molecular formula is C19H21N9O. The van der Waals surface area contributed by atoms with Gasteiger partial charge in [-0.3, -0.25) is 9.69 Å². The number of aromatic nitrogens is 8. The van der Waals surface area contributed by atoms with Gasteiger partial charge in [-0.2, -0.15) is 14.7 Å². The number of fused-ring (bicyclic) bond motifs is 1. The second-order valence-electron chi connectivity index (χ2n) is 7.31. The summed E-state index contributed by atoms with van der Waals surface area (Å²) in [7, 11) is 1.68. The van der Waals surface area contributed by atoms with Crippen molar-refractivity contribution in [3.8, 4) is 5.82 Å². The van der Waals surface area contributed by atoms with Crippen LogP contribution in [0, 0.1) is 0 Å². The van der Waals surface area contributed by atoms with E-state index in [1.54, 1.807) is 30.1 Å². The van der Waals surface area contributed by atoms with Crippen LogP contribution in [0.25, 0.3) is 11.5 Å². The maximum Gasteiger partial charge on any atom is 0.266 e. The highest BCUT2D eigenvalue weighted by Gasteiger charge is 2.25. The molecule has 10 heteroatoms. The van der Waals surface area contributed by atoms with Gasteiger partial charge in [-0.25, -0.2) is 9.36 Å². The van der Waals surface area contributed by atoms with E-state index in [0.29, 0.717) is 5.92 Å². The summed E-state index contributed by atoms with van der Waals surface area (Å²) in [6, 6.07) is 9.06. The molecule has 4 aromatic heterocycles. The summed E-state index contributed by atoms with van der Waals surface area (Å²) in [4.78, 5) is 13.9. The number of nitrogens with zero attached hydrogens (tertiary/aromatic N) is 9. The van der Waals surface area contributed by atoms with Gasteiger partial charge in [0.25, 0.3) is 5.56 Å². The van der Waals surface area contributed by atoms with Crippen molar-refractivity contribution in [2.75, 3.05) is 13.1 Å². The van der Waals surface area contributed by atoms with Gasteiger partial charge < -0.3 is 0 Å². The Balaban J connectivity index is 1.31. The van der Waals surface area contributed by atoms with Gasteiger partial charge in [0.15, 0.2) is 17.3 Å². The van der Waals surface area contributed by atoms with Crippen LogP contribution in [0.1, 0.15) is 30.3 Å². The Bertz CT molecular complexity index is 1190. The maximum atomic E-state index is 11.5. The third-order valence-electron chi connectivity index (χ3n) is 5.37. The molecule has 0 saturated carbocycles. The summed E-state index contributed by atoms with van der Waals surface area (Å²) in [6.07, 6.45) is 5.54. The van der Waals surface area contributed by atoms with Gasteiger partial charge in [0, 0.05) is 38.0 Å². The first kappa shape index (κ1) is 17.7. The molecular weight excluding hydrogens is 370 g/mol. The SMILES string of the molecule is Cn1nc(CN2CCC(c3nnc4ccc(-n5cccn5)nn34)CC2)ccc1=O. The lowest BCUT2D eigenvalue weighted by molar-refractivity contribution is 0.197. The Hall–Kier alpha value is -3.40. The zero-order valence-corrected chi connectivity index (χ0v) is 16.1. The summed E-state index contributed by atoms with van der Waals surface area (Å²) in [5.74, 6) is 1.94. The number of piperidine rings is 1. The average molecular weight is 391 g/mol. The molecule has 148 valence electrons. The standard InChI is InChI=1S/C19H21N9O/c1-25-18(29)6-3-15(23-25)13-26-11-7-14(8-12-26)19-22-21-16-4-5-17(24-28(16)19)27-10-2-9-20-27/h2-6,9-10,14H,7-8,11-13H2,1H3. The zero-order chi connectivity index (χ0) is 19.8. The van der Waals surface area contributed by atoms with Gasteiger partial charge in [0.1, 0.15) is 0 Å². The Kier molecular flexibility index (Phi) is 4.39. The number of hydrogen-bond acceptors (Lipinski definition) is 7. The molecule has 10 nitrogen and oxygen atoms in total. The zero-order valence-electron chi connectivity index (χ0n) is 16.1. The van der Waals surface area contributed by atoms with Crippen molar-refractivity contribution in [2.24, 2.45) is 7.05 Å². The summed E-state index contributed by atoms with van der Waals surface area (Å²) in [6.45, 7) is 2.61. The normalized spacial score (nSPS) is 15.9. The first-order valence-corrected chi connectivity index (χ1v) is 9.65. The molecule has 0 N–H and O–H groups in total. The molecule has 0 atom stereocenters. The van der Waals surface area contributed by atoms with Gasteiger partial charge in [-0.15, -0.1) is 15.3 Å². The van der Waals surface area contributed by atoms with Crippen LogP contribution in [0.5, 0.6) is 0 Å². The van der Waals surface area contributed by atoms with E-state index in [4.69, 9.17) is 5.10 Å². The largest absolute Gasteiger partial charge is 0.297 e. The fourth-order valence-corrected chi connectivity index (χ4v) is 3.79. The molecule has 0 amide bonds. The molecule has 0 radical (unpaired) electrons.